The highest BCUT2D eigenvalue weighted by Gasteiger charge is 2.01. The molecule has 0 heterocycles. The molecule has 1 atom stereocenters. The van der Waals surface area contributed by atoms with Gasteiger partial charge < -0.3 is 9.84 Å². The minimum Gasteiger partial charge on any atom is -0.492 e. The number of para-hydroxylation sites is 1. The van der Waals surface area contributed by atoms with Crippen molar-refractivity contribution in [3.05, 3.63) is 28.7 Å². The monoisotopic (exact) mass is 290 g/mol. The molecule has 0 spiro atoms. The summed E-state index contributed by atoms with van der Waals surface area (Å²) in [5.74, 6) is 1.76. The van der Waals surface area contributed by atoms with E-state index < -0.39 is 0 Å². The lowest BCUT2D eigenvalue weighted by Gasteiger charge is -2.09. The lowest BCUT2D eigenvalue weighted by Crippen LogP contribution is -2.07. The predicted octanol–water partition coefficient (Wildman–Crippen LogP) is 2.94. The average Bonchev–Trinajstić information content (AvgIpc) is 2.26. The lowest BCUT2D eigenvalue weighted by molar-refractivity contribution is 0.299. The standard InChI is InChI=1S/C11H15BrO2S/c1-9(8-13)15-7-6-14-11-5-3-2-4-10(11)12/h2-5,9,13H,6-8H2,1H3/t9-/m0/s1. The Bertz CT molecular complexity index is 294. The molecule has 0 aliphatic heterocycles. The van der Waals surface area contributed by atoms with Crippen molar-refractivity contribution >= 4 is 27.7 Å². The highest BCUT2D eigenvalue weighted by molar-refractivity contribution is 9.10. The molecule has 0 amide bonds. The number of aliphatic hydroxyl groups is 1. The third-order valence-corrected chi connectivity index (χ3v) is 3.61. The van der Waals surface area contributed by atoms with E-state index in [1.807, 2.05) is 31.2 Å². The summed E-state index contributed by atoms with van der Waals surface area (Å²) in [6.07, 6.45) is 0. The molecule has 1 N–H and O–H groups in total. The zero-order valence-corrected chi connectivity index (χ0v) is 11.1. The van der Waals surface area contributed by atoms with Crippen molar-refractivity contribution in [2.24, 2.45) is 0 Å². The van der Waals surface area contributed by atoms with Gasteiger partial charge in [0.05, 0.1) is 17.7 Å². The summed E-state index contributed by atoms with van der Waals surface area (Å²) in [6.45, 7) is 2.89. The van der Waals surface area contributed by atoms with Crippen molar-refractivity contribution in [1.82, 2.24) is 0 Å². The Morgan fingerprint density at radius 2 is 2.20 bits per heavy atom. The predicted molar refractivity (Wildman–Crippen MR) is 68.6 cm³/mol. The molecule has 0 saturated carbocycles. The van der Waals surface area contributed by atoms with Gasteiger partial charge in [-0.2, -0.15) is 11.8 Å². The van der Waals surface area contributed by atoms with Gasteiger partial charge in [0.1, 0.15) is 5.75 Å². The van der Waals surface area contributed by atoms with Crippen LogP contribution in [0.1, 0.15) is 6.92 Å². The second-order valence-corrected chi connectivity index (χ2v) is 5.54. The van der Waals surface area contributed by atoms with Crippen LogP contribution in [0.15, 0.2) is 28.7 Å². The molecule has 0 fully saturated rings. The highest BCUT2D eigenvalue weighted by Crippen LogP contribution is 2.24. The van der Waals surface area contributed by atoms with Gasteiger partial charge in [-0.05, 0) is 28.1 Å². The Morgan fingerprint density at radius 1 is 1.47 bits per heavy atom. The zero-order chi connectivity index (χ0) is 11.1. The van der Waals surface area contributed by atoms with Gasteiger partial charge in [0, 0.05) is 11.0 Å². The van der Waals surface area contributed by atoms with Crippen molar-refractivity contribution in [2.45, 2.75) is 12.2 Å². The van der Waals surface area contributed by atoms with E-state index in [2.05, 4.69) is 15.9 Å². The lowest BCUT2D eigenvalue weighted by atomic mass is 10.3. The van der Waals surface area contributed by atoms with Gasteiger partial charge in [-0.3, -0.25) is 0 Å². The quantitative estimate of drug-likeness (QED) is 0.817. The van der Waals surface area contributed by atoms with E-state index in [9.17, 15) is 0 Å². The van der Waals surface area contributed by atoms with E-state index in [-0.39, 0.29) is 11.9 Å². The molecule has 0 saturated heterocycles. The number of ether oxygens (including phenoxy) is 1. The number of hydrogen-bond acceptors (Lipinski definition) is 3. The van der Waals surface area contributed by atoms with E-state index in [1.165, 1.54) is 0 Å². The molecule has 0 unspecified atom stereocenters. The van der Waals surface area contributed by atoms with E-state index >= 15 is 0 Å². The molecule has 1 aromatic carbocycles. The van der Waals surface area contributed by atoms with Gasteiger partial charge in [-0.1, -0.05) is 19.1 Å². The smallest absolute Gasteiger partial charge is 0.133 e. The number of benzene rings is 1. The van der Waals surface area contributed by atoms with Gasteiger partial charge >= 0.3 is 0 Å². The normalized spacial score (nSPS) is 12.5. The van der Waals surface area contributed by atoms with Crippen molar-refractivity contribution in [3.63, 3.8) is 0 Å². The van der Waals surface area contributed by atoms with E-state index in [0.29, 0.717) is 6.61 Å². The molecule has 0 radical (unpaired) electrons. The first-order chi connectivity index (χ1) is 7.24. The van der Waals surface area contributed by atoms with Crippen molar-refractivity contribution < 1.29 is 9.84 Å². The minimum absolute atomic E-state index is 0.222. The summed E-state index contributed by atoms with van der Waals surface area (Å²) >= 11 is 5.13. The molecule has 1 aromatic rings. The molecule has 0 aliphatic rings. The summed E-state index contributed by atoms with van der Waals surface area (Å²) in [5.41, 5.74) is 0. The van der Waals surface area contributed by atoms with Crippen molar-refractivity contribution in [3.8, 4) is 5.75 Å². The first kappa shape index (κ1) is 12.9. The van der Waals surface area contributed by atoms with Crippen LogP contribution < -0.4 is 4.74 Å². The fraction of sp³-hybridized carbons (Fsp3) is 0.455. The Hall–Kier alpha value is -0.190. The maximum Gasteiger partial charge on any atom is 0.133 e. The fourth-order valence-corrected chi connectivity index (χ4v) is 2.10. The number of thioether (sulfide) groups is 1. The molecular formula is C11H15BrO2S. The zero-order valence-electron chi connectivity index (χ0n) is 8.65. The SMILES string of the molecule is C[C@@H](CO)SCCOc1ccccc1Br. The van der Waals surface area contributed by atoms with Gasteiger partial charge in [0.25, 0.3) is 0 Å². The van der Waals surface area contributed by atoms with Crippen molar-refractivity contribution in [1.29, 1.82) is 0 Å². The topological polar surface area (TPSA) is 29.5 Å². The summed E-state index contributed by atoms with van der Waals surface area (Å²) in [6, 6.07) is 7.80. The van der Waals surface area contributed by atoms with Crippen molar-refractivity contribution in [2.75, 3.05) is 19.0 Å². The van der Waals surface area contributed by atoms with E-state index in [1.54, 1.807) is 11.8 Å². The number of rotatable bonds is 6. The second kappa shape index (κ2) is 7.14. The van der Waals surface area contributed by atoms with Crippen LogP contribution in [0.2, 0.25) is 0 Å². The molecule has 0 aliphatic carbocycles. The van der Waals surface area contributed by atoms with Gasteiger partial charge in [-0.15, -0.1) is 0 Å². The Morgan fingerprint density at radius 3 is 2.87 bits per heavy atom. The third-order valence-electron chi connectivity index (χ3n) is 1.84. The van der Waals surface area contributed by atoms with Gasteiger partial charge in [-0.25, -0.2) is 0 Å². The minimum atomic E-state index is 0.222. The van der Waals surface area contributed by atoms with Crippen LogP contribution in [-0.4, -0.2) is 29.3 Å². The third kappa shape index (κ3) is 4.91. The van der Waals surface area contributed by atoms with Crippen LogP contribution in [0.4, 0.5) is 0 Å². The van der Waals surface area contributed by atoms with Gasteiger partial charge in [0.15, 0.2) is 0 Å². The molecule has 0 aromatic heterocycles. The van der Waals surface area contributed by atoms with Crippen LogP contribution >= 0.6 is 27.7 Å². The summed E-state index contributed by atoms with van der Waals surface area (Å²) in [7, 11) is 0. The van der Waals surface area contributed by atoms with E-state index in [0.717, 1.165) is 16.0 Å². The van der Waals surface area contributed by atoms with Crippen LogP contribution in [0, 0.1) is 0 Å². The maximum atomic E-state index is 8.83. The summed E-state index contributed by atoms with van der Waals surface area (Å²) in [5, 5.41) is 9.11. The van der Waals surface area contributed by atoms with Crippen LogP contribution in [0.25, 0.3) is 0 Å². The van der Waals surface area contributed by atoms with Crippen LogP contribution in [-0.2, 0) is 0 Å². The Labute approximate surface area is 103 Å². The average molecular weight is 291 g/mol. The number of hydrogen-bond donors (Lipinski definition) is 1. The molecule has 0 bridgehead atoms. The highest BCUT2D eigenvalue weighted by atomic mass is 79.9. The molecule has 15 heavy (non-hydrogen) atoms. The second-order valence-electron chi connectivity index (χ2n) is 3.14. The van der Waals surface area contributed by atoms with Crippen LogP contribution in [0.3, 0.4) is 0 Å². The first-order valence-corrected chi connectivity index (χ1v) is 6.68. The number of aliphatic hydroxyl groups excluding tert-OH is 1. The molecule has 1 rings (SSSR count). The molecule has 84 valence electrons. The molecule has 4 heteroatoms. The maximum absolute atomic E-state index is 8.83. The first-order valence-electron chi connectivity index (χ1n) is 4.84. The largest absolute Gasteiger partial charge is 0.492 e. The van der Waals surface area contributed by atoms with Gasteiger partial charge in [0.2, 0.25) is 0 Å². The number of halogens is 1. The van der Waals surface area contributed by atoms with E-state index in [4.69, 9.17) is 9.84 Å². The molecule has 2 nitrogen and oxygen atoms in total. The molecular weight excluding hydrogens is 276 g/mol. The summed E-state index contributed by atoms with van der Waals surface area (Å²) in [4.78, 5) is 0. The fourth-order valence-electron chi connectivity index (χ4n) is 1.02. The van der Waals surface area contributed by atoms with Crippen LogP contribution in [0.5, 0.6) is 5.75 Å². The Kier molecular flexibility index (Phi) is 6.13. The summed E-state index contributed by atoms with van der Waals surface area (Å²) < 4.78 is 6.56. The Balaban J connectivity index is 2.23.